The predicted molar refractivity (Wildman–Crippen MR) is 126 cm³/mol. The van der Waals surface area contributed by atoms with Gasteiger partial charge in [-0.1, -0.05) is 11.6 Å². The molecular formula is C22H25ClN8O. The number of hydrogen-bond acceptors (Lipinski definition) is 7. The summed E-state index contributed by atoms with van der Waals surface area (Å²) in [5, 5.41) is 15.2. The van der Waals surface area contributed by atoms with Gasteiger partial charge < -0.3 is 25.3 Å². The van der Waals surface area contributed by atoms with Gasteiger partial charge in [0.2, 0.25) is 0 Å². The van der Waals surface area contributed by atoms with Gasteiger partial charge in [0.05, 0.1) is 5.02 Å². The van der Waals surface area contributed by atoms with E-state index in [-0.39, 0.29) is 12.1 Å². The molecule has 1 unspecified atom stereocenters. The first-order valence-corrected chi connectivity index (χ1v) is 11.0. The van der Waals surface area contributed by atoms with Gasteiger partial charge in [-0.15, -0.1) is 0 Å². The van der Waals surface area contributed by atoms with Gasteiger partial charge in [-0.25, -0.2) is 0 Å². The van der Waals surface area contributed by atoms with Crippen LogP contribution in [0.25, 0.3) is 10.9 Å². The number of nitrogens with zero attached hydrogens (tertiary/aromatic N) is 4. The fourth-order valence-corrected chi connectivity index (χ4v) is 4.19. The summed E-state index contributed by atoms with van der Waals surface area (Å²) in [7, 11) is 0. The molecule has 166 valence electrons. The van der Waals surface area contributed by atoms with E-state index < -0.39 is 0 Å². The van der Waals surface area contributed by atoms with E-state index in [9.17, 15) is 0 Å². The molecule has 9 nitrogen and oxygen atoms in total. The van der Waals surface area contributed by atoms with Crippen molar-refractivity contribution >= 4 is 40.0 Å². The largest absolute Gasteiger partial charge is 0.423 e. The van der Waals surface area contributed by atoms with Gasteiger partial charge in [-0.3, -0.25) is 5.10 Å². The number of rotatable bonds is 5. The number of fused-ring (bicyclic) bond motifs is 1. The Labute approximate surface area is 190 Å². The maximum Gasteiger partial charge on any atom is 0.325 e. The molecule has 0 saturated carbocycles. The van der Waals surface area contributed by atoms with E-state index in [0.29, 0.717) is 22.4 Å². The normalized spacial score (nSPS) is 16.5. The number of hydrogen-bond donors (Lipinski definition) is 4. The van der Waals surface area contributed by atoms with Crippen LogP contribution in [0.5, 0.6) is 11.8 Å². The van der Waals surface area contributed by atoms with Crippen LogP contribution in [0.1, 0.15) is 18.3 Å². The fraction of sp³-hybridized carbons (Fsp3) is 0.318. The third kappa shape index (κ3) is 4.09. The summed E-state index contributed by atoms with van der Waals surface area (Å²) in [4.78, 5) is 14.8. The van der Waals surface area contributed by atoms with Crippen molar-refractivity contribution < 1.29 is 4.74 Å². The Morgan fingerprint density at radius 1 is 1.12 bits per heavy atom. The number of H-pyrrole nitrogens is 2. The Bertz CT molecular complexity index is 1270. The van der Waals surface area contributed by atoms with Crippen LogP contribution in [0.3, 0.4) is 0 Å². The number of halogens is 1. The van der Waals surface area contributed by atoms with Gasteiger partial charge in [0.1, 0.15) is 17.4 Å². The van der Waals surface area contributed by atoms with E-state index in [4.69, 9.17) is 21.3 Å². The van der Waals surface area contributed by atoms with E-state index in [0.717, 1.165) is 47.7 Å². The zero-order valence-electron chi connectivity index (χ0n) is 18.2. The maximum absolute atomic E-state index is 6.64. The number of aromatic amines is 2. The first kappa shape index (κ1) is 20.6. The average molecular weight is 453 g/mol. The minimum Gasteiger partial charge on any atom is -0.423 e. The zero-order valence-corrected chi connectivity index (χ0v) is 18.9. The molecule has 5 rings (SSSR count). The van der Waals surface area contributed by atoms with E-state index in [2.05, 4.69) is 42.6 Å². The Hall–Kier alpha value is -3.30. The molecule has 0 amide bonds. The molecule has 1 saturated heterocycles. The molecule has 4 aromatic rings. The second-order valence-corrected chi connectivity index (χ2v) is 8.47. The average Bonchev–Trinajstić information content (AvgIpc) is 3.35. The summed E-state index contributed by atoms with van der Waals surface area (Å²) in [6.07, 6.45) is 0. The molecular weight excluding hydrogens is 428 g/mol. The lowest BCUT2D eigenvalue weighted by molar-refractivity contribution is 0.439. The number of ether oxygens (including phenoxy) is 1. The Balaban J connectivity index is 1.52. The van der Waals surface area contributed by atoms with E-state index >= 15 is 0 Å². The van der Waals surface area contributed by atoms with Gasteiger partial charge in [0.15, 0.2) is 5.82 Å². The summed E-state index contributed by atoms with van der Waals surface area (Å²) >= 11 is 6.64. The van der Waals surface area contributed by atoms with E-state index in [1.54, 1.807) is 0 Å². The summed E-state index contributed by atoms with van der Waals surface area (Å²) in [6, 6.07) is 10.1. The fourth-order valence-electron chi connectivity index (χ4n) is 3.93. The lowest BCUT2D eigenvalue weighted by Gasteiger charge is -2.35. The first-order valence-electron chi connectivity index (χ1n) is 10.6. The molecule has 4 N–H and O–H groups in total. The lowest BCUT2D eigenvalue weighted by Crippen LogP contribution is -2.50. The molecule has 1 aliphatic heterocycles. The van der Waals surface area contributed by atoms with Crippen molar-refractivity contribution in [1.82, 2.24) is 30.5 Å². The van der Waals surface area contributed by atoms with Crippen LogP contribution in [0.2, 0.25) is 5.02 Å². The van der Waals surface area contributed by atoms with E-state index in [1.165, 1.54) is 0 Å². The maximum atomic E-state index is 6.64. The SMILES string of the molecule is Cc1cc(Nc2cc(N3CCNCC3C)nc(Oc3ccc4[nH]c(C)cc4c3Cl)n2)n[nH]1. The van der Waals surface area contributed by atoms with Crippen LogP contribution in [0.4, 0.5) is 17.5 Å². The number of nitrogens with one attached hydrogen (secondary N) is 4. The lowest BCUT2D eigenvalue weighted by atomic mass is 10.2. The summed E-state index contributed by atoms with van der Waals surface area (Å²) in [5.74, 6) is 2.56. The van der Waals surface area contributed by atoms with Crippen molar-refractivity contribution in [3.8, 4) is 11.8 Å². The first-order chi connectivity index (χ1) is 15.5. The van der Waals surface area contributed by atoms with Crippen molar-refractivity contribution in [2.45, 2.75) is 26.8 Å². The van der Waals surface area contributed by atoms with Crippen LogP contribution in [0.15, 0.2) is 30.3 Å². The standard InChI is InChI=1S/C22H25ClN8O/c1-12-8-15-16(25-12)4-5-17(21(15)23)32-22-27-18(26-19-9-13(2)29-30-19)10-20(28-22)31-7-6-24-11-14(31)3/h4-5,8-10,14,24-25H,6-7,11H2,1-3H3,(H2,26,27,28,29,30). The Morgan fingerprint density at radius 3 is 2.78 bits per heavy atom. The minimum absolute atomic E-state index is 0.219. The smallest absolute Gasteiger partial charge is 0.325 e. The van der Waals surface area contributed by atoms with Gasteiger partial charge in [0.25, 0.3) is 0 Å². The van der Waals surface area contributed by atoms with Crippen LogP contribution >= 0.6 is 11.6 Å². The Kier molecular flexibility index (Phi) is 5.36. The third-order valence-electron chi connectivity index (χ3n) is 5.49. The summed E-state index contributed by atoms with van der Waals surface area (Å²) in [5.41, 5.74) is 2.95. The second-order valence-electron chi connectivity index (χ2n) is 8.10. The number of anilines is 3. The molecule has 32 heavy (non-hydrogen) atoms. The number of piperazine rings is 1. The molecule has 1 aliphatic rings. The monoisotopic (exact) mass is 452 g/mol. The molecule has 0 bridgehead atoms. The molecule has 4 heterocycles. The topological polar surface area (TPSA) is 107 Å². The second kappa shape index (κ2) is 8.33. The van der Waals surface area contributed by atoms with Gasteiger partial charge >= 0.3 is 6.01 Å². The minimum atomic E-state index is 0.219. The summed E-state index contributed by atoms with van der Waals surface area (Å²) in [6.45, 7) is 8.72. The van der Waals surface area contributed by atoms with Crippen LogP contribution in [-0.4, -0.2) is 50.8 Å². The highest BCUT2D eigenvalue weighted by Gasteiger charge is 2.22. The quantitative estimate of drug-likeness (QED) is 0.358. The number of aryl methyl sites for hydroxylation is 2. The third-order valence-corrected chi connectivity index (χ3v) is 5.88. The van der Waals surface area contributed by atoms with Crippen molar-refractivity contribution in [3.63, 3.8) is 0 Å². The van der Waals surface area contributed by atoms with Gasteiger partial charge in [-0.05, 0) is 39.0 Å². The van der Waals surface area contributed by atoms with Crippen molar-refractivity contribution in [2.24, 2.45) is 0 Å². The predicted octanol–water partition coefficient (Wildman–Crippen LogP) is 4.29. The van der Waals surface area contributed by atoms with Crippen LogP contribution in [-0.2, 0) is 0 Å². The highest BCUT2D eigenvalue weighted by molar-refractivity contribution is 6.37. The van der Waals surface area contributed by atoms with Crippen LogP contribution < -0.4 is 20.3 Å². The van der Waals surface area contributed by atoms with E-state index in [1.807, 2.05) is 44.2 Å². The molecule has 0 aliphatic carbocycles. The van der Waals surface area contributed by atoms with Gasteiger partial charge in [-0.2, -0.15) is 15.1 Å². The molecule has 1 aromatic carbocycles. The van der Waals surface area contributed by atoms with Crippen molar-refractivity contribution in [1.29, 1.82) is 0 Å². The van der Waals surface area contributed by atoms with Crippen molar-refractivity contribution in [2.75, 3.05) is 29.9 Å². The highest BCUT2D eigenvalue weighted by atomic mass is 35.5. The van der Waals surface area contributed by atoms with Crippen LogP contribution in [0, 0.1) is 13.8 Å². The molecule has 10 heteroatoms. The molecule has 1 atom stereocenters. The number of aromatic nitrogens is 5. The zero-order chi connectivity index (χ0) is 22.2. The molecule has 1 fully saturated rings. The Morgan fingerprint density at radius 2 is 2.00 bits per heavy atom. The molecule has 0 radical (unpaired) electrons. The molecule has 0 spiro atoms. The highest BCUT2D eigenvalue weighted by Crippen LogP contribution is 2.36. The van der Waals surface area contributed by atoms with Crippen molar-refractivity contribution in [3.05, 3.63) is 46.7 Å². The summed E-state index contributed by atoms with van der Waals surface area (Å²) < 4.78 is 6.10. The van der Waals surface area contributed by atoms with Gasteiger partial charge in [0, 0.05) is 60.1 Å². The molecule has 3 aromatic heterocycles. The number of benzene rings is 1.